The minimum Gasteiger partial charge on any atom is -0.481 e. The van der Waals surface area contributed by atoms with Crippen LogP contribution in [-0.4, -0.2) is 23.5 Å². The Kier molecular flexibility index (Phi) is 6.28. The van der Waals surface area contributed by atoms with Gasteiger partial charge in [0.05, 0.1) is 6.26 Å². The molecule has 0 radical (unpaired) electrons. The fraction of sp³-hybridized carbons (Fsp3) is 0.600. The van der Waals surface area contributed by atoms with Gasteiger partial charge in [-0.1, -0.05) is 13.8 Å². The van der Waals surface area contributed by atoms with Crippen molar-refractivity contribution in [3.8, 4) is 0 Å². The van der Waals surface area contributed by atoms with E-state index in [1.165, 1.54) is 0 Å². The fourth-order valence-corrected chi connectivity index (χ4v) is 1.89. The van der Waals surface area contributed by atoms with Crippen molar-refractivity contribution in [3.05, 3.63) is 24.2 Å². The second kappa shape index (κ2) is 7.72. The molecular formula is C15H23NO4. The van der Waals surface area contributed by atoms with E-state index < -0.39 is 5.97 Å². The van der Waals surface area contributed by atoms with Crippen LogP contribution in [0.2, 0.25) is 0 Å². The van der Waals surface area contributed by atoms with E-state index in [1.54, 1.807) is 12.3 Å². The van der Waals surface area contributed by atoms with Crippen LogP contribution in [0.4, 0.5) is 0 Å². The lowest BCUT2D eigenvalue weighted by molar-refractivity contribution is -0.137. The first kappa shape index (κ1) is 16.3. The van der Waals surface area contributed by atoms with E-state index in [0.717, 1.165) is 12.2 Å². The van der Waals surface area contributed by atoms with Crippen molar-refractivity contribution in [2.75, 3.05) is 6.54 Å². The van der Waals surface area contributed by atoms with E-state index in [4.69, 9.17) is 9.52 Å². The average molecular weight is 281 g/mol. The third-order valence-corrected chi connectivity index (χ3v) is 3.32. The van der Waals surface area contributed by atoms with Crippen molar-refractivity contribution in [1.29, 1.82) is 0 Å². The molecule has 0 fully saturated rings. The van der Waals surface area contributed by atoms with Crippen LogP contribution in [0.1, 0.15) is 45.3 Å². The first-order valence-electron chi connectivity index (χ1n) is 6.90. The molecule has 0 atom stereocenters. The number of carboxylic acid groups (broad SMARTS) is 1. The summed E-state index contributed by atoms with van der Waals surface area (Å²) < 4.78 is 5.16. The average Bonchev–Trinajstić information content (AvgIpc) is 2.87. The van der Waals surface area contributed by atoms with Gasteiger partial charge in [0.1, 0.15) is 5.76 Å². The standard InChI is InChI=1S/C15H23NO4/c1-15(2,8-7-14(18)19)9-10-16-13(17)6-5-12-4-3-11-20-12/h3-4,11H,5-10H2,1-2H3,(H,16,17)(H,18,19). The van der Waals surface area contributed by atoms with Crippen molar-refractivity contribution in [1.82, 2.24) is 5.32 Å². The third kappa shape index (κ3) is 6.97. The molecule has 1 rings (SSSR count). The van der Waals surface area contributed by atoms with Crippen molar-refractivity contribution in [2.24, 2.45) is 5.41 Å². The van der Waals surface area contributed by atoms with Crippen LogP contribution in [-0.2, 0) is 16.0 Å². The SMILES string of the molecule is CC(C)(CCNC(=O)CCc1ccco1)CCC(=O)O. The molecule has 1 amide bonds. The van der Waals surface area contributed by atoms with Crippen molar-refractivity contribution >= 4 is 11.9 Å². The third-order valence-electron chi connectivity index (χ3n) is 3.32. The predicted molar refractivity (Wildman–Crippen MR) is 75.3 cm³/mol. The summed E-state index contributed by atoms with van der Waals surface area (Å²) in [7, 11) is 0. The van der Waals surface area contributed by atoms with Gasteiger partial charge in [-0.3, -0.25) is 9.59 Å². The molecule has 0 saturated carbocycles. The van der Waals surface area contributed by atoms with Crippen molar-refractivity contribution < 1.29 is 19.1 Å². The highest BCUT2D eigenvalue weighted by atomic mass is 16.4. The Morgan fingerprint density at radius 1 is 1.30 bits per heavy atom. The number of aliphatic carboxylic acids is 1. The molecule has 112 valence electrons. The van der Waals surface area contributed by atoms with Crippen LogP contribution < -0.4 is 5.32 Å². The molecule has 0 aliphatic heterocycles. The second-order valence-electron chi connectivity index (χ2n) is 5.74. The molecule has 0 spiro atoms. The van der Waals surface area contributed by atoms with Gasteiger partial charge >= 0.3 is 5.97 Å². The molecule has 2 N–H and O–H groups in total. The molecule has 1 aromatic rings. The summed E-state index contributed by atoms with van der Waals surface area (Å²) in [4.78, 5) is 22.2. The summed E-state index contributed by atoms with van der Waals surface area (Å²) in [5.74, 6) is 0.0259. The smallest absolute Gasteiger partial charge is 0.303 e. The molecule has 5 heteroatoms. The molecule has 5 nitrogen and oxygen atoms in total. The fourth-order valence-electron chi connectivity index (χ4n) is 1.89. The Morgan fingerprint density at radius 2 is 2.05 bits per heavy atom. The maximum absolute atomic E-state index is 11.6. The number of nitrogens with one attached hydrogen (secondary N) is 1. The lowest BCUT2D eigenvalue weighted by atomic mass is 9.84. The Balaban J connectivity index is 2.15. The Hall–Kier alpha value is -1.78. The van der Waals surface area contributed by atoms with Crippen LogP contribution in [0.3, 0.4) is 0 Å². The molecule has 20 heavy (non-hydrogen) atoms. The number of furan rings is 1. The Morgan fingerprint density at radius 3 is 2.65 bits per heavy atom. The predicted octanol–water partition coefficient (Wildman–Crippen LogP) is 2.61. The highest BCUT2D eigenvalue weighted by Crippen LogP contribution is 2.25. The van der Waals surface area contributed by atoms with Crippen LogP contribution in [0.25, 0.3) is 0 Å². The number of hydrogen-bond donors (Lipinski definition) is 2. The highest BCUT2D eigenvalue weighted by Gasteiger charge is 2.19. The summed E-state index contributed by atoms with van der Waals surface area (Å²) in [6.45, 7) is 4.61. The quantitative estimate of drug-likeness (QED) is 0.729. The number of carbonyl (C=O) groups is 2. The summed E-state index contributed by atoms with van der Waals surface area (Å²) >= 11 is 0. The van der Waals surface area contributed by atoms with Crippen molar-refractivity contribution in [2.45, 2.75) is 46.0 Å². The van der Waals surface area contributed by atoms with Gasteiger partial charge in [0.2, 0.25) is 5.91 Å². The Labute approximate surface area is 119 Å². The molecule has 0 aliphatic carbocycles. The van der Waals surface area contributed by atoms with Gasteiger partial charge in [0, 0.05) is 25.8 Å². The summed E-state index contributed by atoms with van der Waals surface area (Å²) in [6.07, 6.45) is 4.15. The molecule has 0 aliphatic rings. The maximum atomic E-state index is 11.6. The molecule has 0 bridgehead atoms. The molecule has 0 unspecified atom stereocenters. The van der Waals surface area contributed by atoms with Crippen LogP contribution in [0, 0.1) is 5.41 Å². The van der Waals surface area contributed by atoms with Gasteiger partial charge in [0.25, 0.3) is 0 Å². The normalized spacial score (nSPS) is 11.3. The number of aryl methyl sites for hydroxylation is 1. The molecule has 1 aromatic heterocycles. The highest BCUT2D eigenvalue weighted by molar-refractivity contribution is 5.76. The van der Waals surface area contributed by atoms with Gasteiger partial charge in [-0.25, -0.2) is 0 Å². The van der Waals surface area contributed by atoms with Crippen LogP contribution >= 0.6 is 0 Å². The molecular weight excluding hydrogens is 258 g/mol. The van der Waals surface area contributed by atoms with Gasteiger partial charge in [-0.15, -0.1) is 0 Å². The van der Waals surface area contributed by atoms with Crippen LogP contribution in [0.15, 0.2) is 22.8 Å². The van der Waals surface area contributed by atoms with E-state index in [0.29, 0.717) is 25.8 Å². The molecule has 0 aromatic carbocycles. The zero-order chi connectivity index (χ0) is 15.0. The minimum absolute atomic E-state index is 0.00423. The van der Waals surface area contributed by atoms with E-state index in [-0.39, 0.29) is 17.7 Å². The summed E-state index contributed by atoms with van der Waals surface area (Å²) in [5, 5.41) is 11.5. The lowest BCUT2D eigenvalue weighted by Crippen LogP contribution is -2.28. The van der Waals surface area contributed by atoms with Gasteiger partial charge in [-0.05, 0) is 30.4 Å². The van der Waals surface area contributed by atoms with Gasteiger partial charge in [-0.2, -0.15) is 0 Å². The van der Waals surface area contributed by atoms with E-state index in [2.05, 4.69) is 5.32 Å². The first-order valence-corrected chi connectivity index (χ1v) is 6.90. The molecule has 1 heterocycles. The van der Waals surface area contributed by atoms with Gasteiger partial charge < -0.3 is 14.8 Å². The first-order chi connectivity index (χ1) is 9.39. The zero-order valence-corrected chi connectivity index (χ0v) is 12.1. The molecule has 0 saturated heterocycles. The second-order valence-corrected chi connectivity index (χ2v) is 5.74. The summed E-state index contributed by atoms with van der Waals surface area (Å²) in [5.41, 5.74) is -0.0767. The topological polar surface area (TPSA) is 79.5 Å². The van der Waals surface area contributed by atoms with Crippen molar-refractivity contribution in [3.63, 3.8) is 0 Å². The monoisotopic (exact) mass is 281 g/mol. The number of carboxylic acids is 1. The Bertz CT molecular complexity index is 423. The van der Waals surface area contributed by atoms with Gasteiger partial charge in [0.15, 0.2) is 0 Å². The number of hydrogen-bond acceptors (Lipinski definition) is 3. The summed E-state index contributed by atoms with van der Waals surface area (Å²) in [6, 6.07) is 3.65. The maximum Gasteiger partial charge on any atom is 0.303 e. The lowest BCUT2D eigenvalue weighted by Gasteiger charge is -2.23. The van der Waals surface area contributed by atoms with Crippen LogP contribution in [0.5, 0.6) is 0 Å². The van der Waals surface area contributed by atoms with E-state index in [1.807, 2.05) is 19.9 Å². The number of rotatable bonds is 9. The zero-order valence-electron chi connectivity index (χ0n) is 12.1. The van der Waals surface area contributed by atoms with E-state index >= 15 is 0 Å². The number of carbonyl (C=O) groups excluding carboxylic acids is 1. The largest absolute Gasteiger partial charge is 0.481 e. The van der Waals surface area contributed by atoms with E-state index in [9.17, 15) is 9.59 Å². The number of amides is 1. The minimum atomic E-state index is -0.777.